The van der Waals surface area contributed by atoms with Crippen molar-refractivity contribution in [2.45, 2.75) is 33.1 Å². The molecule has 0 spiro atoms. The van der Waals surface area contributed by atoms with Crippen LogP contribution in [0.4, 0.5) is 15.2 Å². The van der Waals surface area contributed by atoms with E-state index in [1.807, 2.05) is 44.3 Å². The standard InChI is InChI=1S/C23H23FN3S.C2H6/c1-27(2,23-26-22(16-28-23)18-9-6-12-25-15-18)20-10-11-21(24)19(14-20)13-17-7-4-3-5-8-17;1-2/h4,6-12,14-16H,3,5,13H2,1-2H3;1-2H3/q+1;. The molecule has 1 aromatic carbocycles. The van der Waals surface area contributed by atoms with E-state index in [0.717, 1.165) is 40.5 Å². The van der Waals surface area contributed by atoms with E-state index in [2.05, 4.69) is 42.7 Å². The van der Waals surface area contributed by atoms with Crippen molar-refractivity contribution in [2.24, 2.45) is 0 Å². The van der Waals surface area contributed by atoms with Gasteiger partial charge in [0, 0.05) is 41.9 Å². The van der Waals surface area contributed by atoms with Crippen LogP contribution in [0.15, 0.2) is 71.9 Å². The molecule has 0 atom stereocenters. The minimum Gasteiger partial charge on any atom is -0.264 e. The maximum absolute atomic E-state index is 14.5. The lowest BCUT2D eigenvalue weighted by Gasteiger charge is -2.26. The maximum Gasteiger partial charge on any atom is 0.291 e. The third-order valence-electron chi connectivity index (χ3n) is 5.07. The van der Waals surface area contributed by atoms with Gasteiger partial charge >= 0.3 is 0 Å². The molecular formula is C25H29FN3S+. The molecule has 0 amide bonds. The average Bonchev–Trinajstić information content (AvgIpc) is 3.29. The van der Waals surface area contributed by atoms with Crippen LogP contribution in [0.2, 0.25) is 0 Å². The highest BCUT2D eigenvalue weighted by molar-refractivity contribution is 7.13. The van der Waals surface area contributed by atoms with Gasteiger partial charge in [-0.05, 0) is 42.2 Å². The van der Waals surface area contributed by atoms with E-state index < -0.39 is 0 Å². The Bertz CT molecular complexity index is 1040. The normalized spacial score (nSPS) is 13.4. The summed E-state index contributed by atoms with van der Waals surface area (Å²) < 4.78 is 14.9. The number of hydrogen-bond acceptors (Lipinski definition) is 3. The SMILES string of the molecule is CC.C[N+](C)(c1ccc(F)c(CC2=CCCC=C2)c1)c1nc(-c2cccnc2)cs1. The smallest absolute Gasteiger partial charge is 0.264 e. The minimum absolute atomic E-state index is 0.154. The molecule has 2 aromatic heterocycles. The van der Waals surface area contributed by atoms with Crippen molar-refractivity contribution in [2.75, 3.05) is 14.1 Å². The van der Waals surface area contributed by atoms with Crippen molar-refractivity contribution in [3.8, 4) is 11.3 Å². The predicted molar refractivity (Wildman–Crippen MR) is 127 cm³/mol. The van der Waals surface area contributed by atoms with Gasteiger partial charge in [-0.1, -0.05) is 43.4 Å². The maximum atomic E-state index is 14.5. The van der Waals surface area contributed by atoms with E-state index in [1.165, 1.54) is 5.57 Å². The third kappa shape index (κ3) is 4.91. The number of pyridine rings is 1. The number of benzene rings is 1. The number of rotatable bonds is 5. The number of thiazole rings is 1. The zero-order valence-corrected chi connectivity index (χ0v) is 18.9. The van der Waals surface area contributed by atoms with Crippen LogP contribution in [0.25, 0.3) is 11.3 Å². The van der Waals surface area contributed by atoms with Gasteiger partial charge in [0.2, 0.25) is 0 Å². The van der Waals surface area contributed by atoms with Crippen LogP contribution in [0.3, 0.4) is 0 Å². The van der Waals surface area contributed by atoms with E-state index in [-0.39, 0.29) is 5.82 Å². The number of quaternary nitrogens is 1. The number of aromatic nitrogens is 2. The first kappa shape index (κ1) is 22.1. The molecule has 0 aliphatic heterocycles. The fraction of sp³-hybridized carbons (Fsp3) is 0.280. The van der Waals surface area contributed by atoms with Crippen LogP contribution in [0.1, 0.15) is 32.3 Å². The predicted octanol–water partition coefficient (Wildman–Crippen LogP) is 7.09. The van der Waals surface area contributed by atoms with Crippen LogP contribution < -0.4 is 4.48 Å². The molecule has 0 bridgehead atoms. The van der Waals surface area contributed by atoms with Gasteiger partial charge in [0.25, 0.3) is 5.13 Å². The van der Waals surface area contributed by atoms with E-state index in [9.17, 15) is 4.39 Å². The highest BCUT2D eigenvalue weighted by atomic mass is 32.1. The van der Waals surface area contributed by atoms with Crippen LogP contribution in [-0.2, 0) is 6.42 Å². The molecule has 30 heavy (non-hydrogen) atoms. The summed E-state index contributed by atoms with van der Waals surface area (Å²) in [5.41, 5.74) is 4.84. The number of hydrogen-bond donors (Lipinski definition) is 0. The lowest BCUT2D eigenvalue weighted by Crippen LogP contribution is -2.34. The summed E-state index contributed by atoms with van der Waals surface area (Å²) in [4.78, 5) is 9.01. The van der Waals surface area contributed by atoms with E-state index in [0.29, 0.717) is 10.9 Å². The second-order valence-corrected chi connectivity index (χ2v) is 8.26. The van der Waals surface area contributed by atoms with Crippen LogP contribution in [0, 0.1) is 5.82 Å². The Morgan fingerprint density at radius 2 is 1.97 bits per heavy atom. The van der Waals surface area contributed by atoms with Crippen molar-refractivity contribution in [3.63, 3.8) is 0 Å². The Morgan fingerprint density at radius 1 is 1.13 bits per heavy atom. The van der Waals surface area contributed by atoms with Gasteiger partial charge in [0.05, 0.1) is 19.8 Å². The lowest BCUT2D eigenvalue weighted by atomic mass is 9.99. The summed E-state index contributed by atoms with van der Waals surface area (Å²) in [7, 11) is 4.17. The third-order valence-corrected chi connectivity index (χ3v) is 6.17. The molecule has 5 heteroatoms. The van der Waals surface area contributed by atoms with Crippen LogP contribution in [0.5, 0.6) is 0 Å². The lowest BCUT2D eigenvalue weighted by molar-refractivity contribution is 0.547. The Kier molecular flexibility index (Phi) is 7.29. The molecule has 3 nitrogen and oxygen atoms in total. The average molecular weight is 423 g/mol. The summed E-state index contributed by atoms with van der Waals surface area (Å²) in [6.07, 6.45) is 12.8. The van der Waals surface area contributed by atoms with Gasteiger partial charge < -0.3 is 0 Å². The molecule has 0 unspecified atom stereocenters. The first-order valence-corrected chi connectivity index (χ1v) is 11.3. The number of halogens is 1. The van der Waals surface area contributed by atoms with Crippen LogP contribution in [-0.4, -0.2) is 24.1 Å². The number of allylic oxidation sites excluding steroid dienone is 4. The summed E-state index contributed by atoms with van der Waals surface area (Å²) in [6.45, 7) is 4.00. The molecule has 4 rings (SSSR count). The van der Waals surface area contributed by atoms with E-state index in [4.69, 9.17) is 4.98 Å². The molecule has 1 aliphatic carbocycles. The van der Waals surface area contributed by atoms with E-state index >= 15 is 0 Å². The van der Waals surface area contributed by atoms with Crippen molar-refractivity contribution < 1.29 is 4.39 Å². The van der Waals surface area contributed by atoms with Crippen LogP contribution >= 0.6 is 11.3 Å². The fourth-order valence-corrected chi connectivity index (χ4v) is 4.27. The van der Waals surface area contributed by atoms with Crippen molar-refractivity contribution in [1.29, 1.82) is 0 Å². The summed E-state index contributed by atoms with van der Waals surface area (Å²) in [5.74, 6) is -0.154. The zero-order valence-electron chi connectivity index (χ0n) is 18.1. The zero-order chi connectivity index (χ0) is 21.6. The fourth-order valence-electron chi connectivity index (χ4n) is 3.34. The quantitative estimate of drug-likeness (QED) is 0.410. The molecule has 156 valence electrons. The van der Waals surface area contributed by atoms with Gasteiger partial charge in [-0.2, -0.15) is 4.98 Å². The summed E-state index contributed by atoms with van der Waals surface area (Å²) in [5, 5.41) is 3.00. The first-order chi connectivity index (χ1) is 14.5. The molecule has 1 aliphatic rings. The summed E-state index contributed by atoms with van der Waals surface area (Å²) >= 11 is 1.61. The second-order valence-electron chi connectivity index (χ2n) is 7.42. The molecule has 0 saturated heterocycles. The molecule has 3 aromatic rings. The molecule has 0 saturated carbocycles. The van der Waals surface area contributed by atoms with Gasteiger partial charge in [0.1, 0.15) is 11.5 Å². The van der Waals surface area contributed by atoms with E-state index in [1.54, 1.807) is 23.6 Å². The molecular weight excluding hydrogens is 393 g/mol. The van der Waals surface area contributed by atoms with Crippen molar-refractivity contribution in [1.82, 2.24) is 14.5 Å². The Labute approximate surface area is 182 Å². The van der Waals surface area contributed by atoms with Gasteiger partial charge in [0.15, 0.2) is 0 Å². The largest absolute Gasteiger partial charge is 0.291 e. The van der Waals surface area contributed by atoms with Gasteiger partial charge in [-0.25, -0.2) is 8.87 Å². The second kappa shape index (κ2) is 9.92. The number of nitrogens with zero attached hydrogens (tertiary/aromatic N) is 3. The van der Waals surface area contributed by atoms with Gasteiger partial charge in [-0.15, -0.1) is 0 Å². The molecule has 0 fully saturated rings. The topological polar surface area (TPSA) is 25.8 Å². The van der Waals surface area contributed by atoms with Gasteiger partial charge in [-0.3, -0.25) is 4.98 Å². The first-order valence-electron chi connectivity index (χ1n) is 10.4. The Balaban J connectivity index is 0.00000124. The Morgan fingerprint density at radius 3 is 2.67 bits per heavy atom. The molecule has 0 radical (unpaired) electrons. The minimum atomic E-state index is -0.154. The highest BCUT2D eigenvalue weighted by Gasteiger charge is 2.28. The molecule has 2 heterocycles. The Hall–Kier alpha value is -2.63. The monoisotopic (exact) mass is 422 g/mol. The summed E-state index contributed by atoms with van der Waals surface area (Å²) in [6, 6.07) is 9.33. The highest BCUT2D eigenvalue weighted by Crippen LogP contribution is 2.36. The molecule has 0 N–H and O–H groups in total. The van der Waals surface area contributed by atoms with Crippen molar-refractivity contribution in [3.05, 3.63) is 83.3 Å². The van der Waals surface area contributed by atoms with Crippen molar-refractivity contribution >= 4 is 22.2 Å².